The first-order chi connectivity index (χ1) is 28.3. The molecule has 0 saturated carbocycles. The molecule has 11 aromatic rings. The number of benzene rings is 9. The third-order valence-electron chi connectivity index (χ3n) is 11.2. The van der Waals surface area contributed by atoms with Crippen LogP contribution in [0, 0.1) is 0 Å². The van der Waals surface area contributed by atoms with Gasteiger partial charge in [-0.1, -0.05) is 146 Å². The highest BCUT2D eigenvalue weighted by Gasteiger charge is 2.16. The van der Waals surface area contributed by atoms with Gasteiger partial charge >= 0.3 is 0 Å². The van der Waals surface area contributed by atoms with E-state index in [1.54, 1.807) is 0 Å². The number of fused-ring (bicyclic) bond motifs is 6. The third kappa shape index (κ3) is 5.68. The molecule has 0 saturated heterocycles. The Morgan fingerprint density at radius 1 is 0.333 bits per heavy atom. The number of hydrogen-bond acceptors (Lipinski definition) is 2. The normalized spacial score (nSPS) is 11.5. The van der Waals surface area contributed by atoms with Gasteiger partial charge in [0.05, 0.1) is 11.0 Å². The van der Waals surface area contributed by atoms with E-state index in [1.165, 1.54) is 32.9 Å². The molecule has 3 heteroatoms. The zero-order chi connectivity index (χ0) is 37.7. The van der Waals surface area contributed by atoms with Crippen molar-refractivity contribution in [3.8, 4) is 39.1 Å². The predicted molar refractivity (Wildman–Crippen MR) is 239 cm³/mol. The Morgan fingerprint density at radius 3 is 1.51 bits per heavy atom. The van der Waals surface area contributed by atoms with Crippen molar-refractivity contribution >= 4 is 60.8 Å². The fourth-order valence-electron chi connectivity index (χ4n) is 8.48. The lowest BCUT2D eigenvalue weighted by molar-refractivity contribution is 0.670. The van der Waals surface area contributed by atoms with Crippen molar-refractivity contribution in [1.29, 1.82) is 0 Å². The van der Waals surface area contributed by atoms with E-state index in [0.717, 1.165) is 66.9 Å². The third-order valence-corrected chi connectivity index (χ3v) is 11.2. The zero-order valence-corrected chi connectivity index (χ0v) is 31.1. The van der Waals surface area contributed by atoms with Gasteiger partial charge < -0.3 is 13.9 Å². The van der Waals surface area contributed by atoms with Crippen LogP contribution in [0.4, 0.5) is 17.1 Å². The van der Waals surface area contributed by atoms with Crippen molar-refractivity contribution in [3.05, 3.63) is 218 Å². The minimum atomic E-state index is 0.894. The monoisotopic (exact) mass is 728 g/mol. The van der Waals surface area contributed by atoms with Crippen molar-refractivity contribution in [3.63, 3.8) is 0 Å². The molecule has 0 aliphatic heterocycles. The quantitative estimate of drug-likeness (QED) is 0.163. The van der Waals surface area contributed by atoms with Gasteiger partial charge in [0.25, 0.3) is 0 Å². The second-order valence-corrected chi connectivity index (χ2v) is 14.5. The molecule has 0 atom stereocenters. The molecule has 57 heavy (non-hydrogen) atoms. The highest BCUT2D eigenvalue weighted by Crippen LogP contribution is 2.40. The van der Waals surface area contributed by atoms with Gasteiger partial charge in [-0.25, -0.2) is 0 Å². The van der Waals surface area contributed by atoms with E-state index in [-0.39, 0.29) is 0 Å². The number of rotatable bonds is 7. The number of furan rings is 1. The molecule has 0 radical (unpaired) electrons. The maximum atomic E-state index is 6.46. The molecule has 3 nitrogen and oxygen atoms in total. The number of para-hydroxylation sites is 4. The fourth-order valence-corrected chi connectivity index (χ4v) is 8.48. The summed E-state index contributed by atoms with van der Waals surface area (Å²) in [5, 5.41) is 4.78. The van der Waals surface area contributed by atoms with Crippen LogP contribution in [0.3, 0.4) is 0 Å². The van der Waals surface area contributed by atoms with Gasteiger partial charge in [-0.2, -0.15) is 0 Å². The Kier molecular flexibility index (Phi) is 7.82. The molecule has 0 aliphatic rings. The Labute approximate surface area is 330 Å². The Morgan fingerprint density at radius 2 is 0.842 bits per heavy atom. The van der Waals surface area contributed by atoms with Gasteiger partial charge in [-0.15, -0.1) is 0 Å². The van der Waals surface area contributed by atoms with Gasteiger partial charge in [0.1, 0.15) is 11.2 Å². The highest BCUT2D eigenvalue weighted by atomic mass is 16.3. The van der Waals surface area contributed by atoms with Gasteiger partial charge in [-0.3, -0.25) is 0 Å². The van der Waals surface area contributed by atoms with E-state index in [2.05, 4.69) is 222 Å². The minimum Gasteiger partial charge on any atom is -0.455 e. The van der Waals surface area contributed by atoms with Crippen molar-refractivity contribution < 1.29 is 4.42 Å². The van der Waals surface area contributed by atoms with Crippen molar-refractivity contribution in [1.82, 2.24) is 4.57 Å². The topological polar surface area (TPSA) is 21.3 Å². The van der Waals surface area contributed by atoms with Gasteiger partial charge in [0.2, 0.25) is 0 Å². The second-order valence-electron chi connectivity index (χ2n) is 14.5. The molecule has 0 amide bonds. The SMILES string of the molecule is c1ccc(-c2cccc3c2oc2ccc(-c4ccc(N(c5ccccc5)c5ccc(-c6cccc(-n7c8ccccc8c8ccccc87)c6)cc5)cc4)cc23)cc1. The largest absolute Gasteiger partial charge is 0.455 e. The van der Waals surface area contributed by atoms with Crippen molar-refractivity contribution in [2.24, 2.45) is 0 Å². The molecule has 2 heterocycles. The van der Waals surface area contributed by atoms with Gasteiger partial charge in [-0.05, 0) is 101 Å². The van der Waals surface area contributed by atoms with Crippen LogP contribution in [0.5, 0.6) is 0 Å². The molecule has 0 bridgehead atoms. The molecule has 0 aliphatic carbocycles. The maximum Gasteiger partial charge on any atom is 0.143 e. The summed E-state index contributed by atoms with van der Waals surface area (Å²) in [6.07, 6.45) is 0. The average molecular weight is 729 g/mol. The first-order valence-corrected chi connectivity index (χ1v) is 19.4. The first-order valence-electron chi connectivity index (χ1n) is 19.4. The molecule has 0 fully saturated rings. The molecule has 0 spiro atoms. The lowest BCUT2D eigenvalue weighted by Crippen LogP contribution is -2.09. The second kappa shape index (κ2) is 13.6. The van der Waals surface area contributed by atoms with E-state index in [9.17, 15) is 0 Å². The molecule has 268 valence electrons. The van der Waals surface area contributed by atoms with E-state index < -0.39 is 0 Å². The van der Waals surface area contributed by atoms with Crippen molar-refractivity contribution in [2.45, 2.75) is 0 Å². The van der Waals surface area contributed by atoms with E-state index in [4.69, 9.17) is 4.42 Å². The molecule has 9 aromatic carbocycles. The van der Waals surface area contributed by atoms with E-state index >= 15 is 0 Å². The summed E-state index contributed by atoms with van der Waals surface area (Å²) in [5.74, 6) is 0. The van der Waals surface area contributed by atoms with Crippen LogP contribution in [0.15, 0.2) is 223 Å². The van der Waals surface area contributed by atoms with Gasteiger partial charge in [0.15, 0.2) is 0 Å². The molecule has 0 N–H and O–H groups in total. The number of nitrogens with zero attached hydrogens (tertiary/aromatic N) is 2. The fraction of sp³-hybridized carbons (Fsp3) is 0. The standard InChI is InChI=1S/C54H36N2O/c1-3-13-39(14-4-1)46-21-12-22-49-50-36-41(29-34-53(50)57-54(46)49)38-27-32-44(33-28-38)55(42-16-5-2-6-17-42)43-30-25-37(26-31-43)40-15-11-18-45(35-40)56-51-23-9-7-19-47(51)48-20-8-10-24-52(48)56/h1-36H. The summed E-state index contributed by atoms with van der Waals surface area (Å²) in [4.78, 5) is 2.32. The van der Waals surface area contributed by atoms with Crippen LogP contribution in [-0.2, 0) is 0 Å². The van der Waals surface area contributed by atoms with Crippen molar-refractivity contribution in [2.75, 3.05) is 4.90 Å². The number of anilines is 3. The van der Waals surface area contributed by atoms with E-state index in [0.29, 0.717) is 0 Å². The Hall–Kier alpha value is -7.62. The van der Waals surface area contributed by atoms with Crippen LogP contribution >= 0.6 is 0 Å². The summed E-state index contributed by atoms with van der Waals surface area (Å²) in [7, 11) is 0. The minimum absolute atomic E-state index is 0.894. The van der Waals surface area contributed by atoms with Crippen LogP contribution in [0.2, 0.25) is 0 Å². The smallest absolute Gasteiger partial charge is 0.143 e. The Balaban J connectivity index is 0.925. The zero-order valence-electron chi connectivity index (χ0n) is 31.1. The van der Waals surface area contributed by atoms with Gasteiger partial charge in [0, 0.05) is 49.9 Å². The summed E-state index contributed by atoms with van der Waals surface area (Å²) in [5.41, 5.74) is 15.6. The number of hydrogen-bond donors (Lipinski definition) is 0. The molecule has 11 rings (SSSR count). The molecular formula is C54H36N2O. The summed E-state index contributed by atoms with van der Waals surface area (Å²) >= 11 is 0. The van der Waals surface area contributed by atoms with Crippen LogP contribution in [0.1, 0.15) is 0 Å². The van der Waals surface area contributed by atoms with Crippen LogP contribution < -0.4 is 4.90 Å². The summed E-state index contributed by atoms with van der Waals surface area (Å²) in [6.45, 7) is 0. The first kappa shape index (κ1) is 32.8. The lowest BCUT2D eigenvalue weighted by atomic mass is 10.00. The maximum absolute atomic E-state index is 6.46. The predicted octanol–water partition coefficient (Wildman–Crippen LogP) is 15.2. The van der Waals surface area contributed by atoms with Crippen LogP contribution in [-0.4, -0.2) is 4.57 Å². The average Bonchev–Trinajstić information content (AvgIpc) is 3.83. The highest BCUT2D eigenvalue weighted by molar-refractivity contribution is 6.11. The lowest BCUT2D eigenvalue weighted by Gasteiger charge is -2.26. The molecule has 2 aromatic heterocycles. The van der Waals surface area contributed by atoms with Crippen LogP contribution in [0.25, 0.3) is 82.8 Å². The molecule has 0 unspecified atom stereocenters. The summed E-state index contributed by atoms with van der Waals surface area (Å²) in [6, 6.07) is 78.0. The molecular weight excluding hydrogens is 693 g/mol. The Bertz CT molecular complexity index is 3160. The number of aromatic nitrogens is 1. The van der Waals surface area contributed by atoms with E-state index in [1.807, 2.05) is 6.07 Å². The summed E-state index contributed by atoms with van der Waals surface area (Å²) < 4.78 is 8.84.